The van der Waals surface area contributed by atoms with Crippen molar-refractivity contribution in [3.8, 4) is 0 Å². The summed E-state index contributed by atoms with van der Waals surface area (Å²) in [7, 11) is 0. The van der Waals surface area contributed by atoms with E-state index in [1.807, 2.05) is 6.07 Å². The van der Waals surface area contributed by atoms with Crippen molar-refractivity contribution in [3.63, 3.8) is 0 Å². The summed E-state index contributed by atoms with van der Waals surface area (Å²) in [4.78, 5) is 19.0. The molecule has 0 radical (unpaired) electrons. The van der Waals surface area contributed by atoms with Crippen LogP contribution in [-0.4, -0.2) is 58.5 Å². The summed E-state index contributed by atoms with van der Waals surface area (Å²) >= 11 is 0. The third-order valence-electron chi connectivity index (χ3n) is 7.29. The summed E-state index contributed by atoms with van der Waals surface area (Å²) in [6.45, 7) is 3.94. The number of nitrogens with one attached hydrogen (secondary N) is 1. The molecule has 198 valence electrons. The Balaban J connectivity index is 1.19. The Morgan fingerprint density at radius 2 is 1.97 bits per heavy atom. The molecule has 0 atom stereocenters. The molecular weight excluding hydrogens is 476 g/mol. The molecule has 0 aromatic carbocycles. The number of aromatic nitrogens is 2. The molecule has 0 unspecified atom stereocenters. The number of fused-ring (bicyclic) bond motifs is 1. The topological polar surface area (TPSA) is 71.3 Å². The van der Waals surface area contributed by atoms with Crippen molar-refractivity contribution in [2.45, 2.75) is 89.0 Å². The fourth-order valence-electron chi connectivity index (χ4n) is 5.13. The second-order valence-electron chi connectivity index (χ2n) is 10.2. The molecular formula is C26H34F4N4O2. The smallest absolute Gasteiger partial charge is 0.361 e. The molecule has 0 saturated heterocycles. The fourth-order valence-corrected chi connectivity index (χ4v) is 5.13. The van der Waals surface area contributed by atoms with Gasteiger partial charge in [-0.1, -0.05) is 11.2 Å². The van der Waals surface area contributed by atoms with E-state index in [1.54, 1.807) is 19.1 Å². The summed E-state index contributed by atoms with van der Waals surface area (Å²) < 4.78 is 58.2. The van der Waals surface area contributed by atoms with Gasteiger partial charge in [-0.2, -0.15) is 13.2 Å². The maximum absolute atomic E-state index is 15.5. The van der Waals surface area contributed by atoms with Gasteiger partial charge < -0.3 is 14.7 Å². The summed E-state index contributed by atoms with van der Waals surface area (Å²) in [5.41, 5.74) is 1.89. The predicted molar refractivity (Wildman–Crippen MR) is 126 cm³/mol. The monoisotopic (exact) mass is 510 g/mol. The van der Waals surface area contributed by atoms with Crippen LogP contribution in [-0.2, 0) is 30.5 Å². The molecule has 1 fully saturated rings. The van der Waals surface area contributed by atoms with Gasteiger partial charge in [0.2, 0.25) is 5.91 Å². The van der Waals surface area contributed by atoms with Gasteiger partial charge in [0.15, 0.2) is 0 Å². The SMILES string of the molecule is Cc1cc(CC(=O)N[C@H]2CC[C@](F)(CCN3CCc4ccc(CCC(F)(F)F)nc4CC3)CC2)on1. The van der Waals surface area contributed by atoms with E-state index in [2.05, 4.69) is 20.4 Å². The lowest BCUT2D eigenvalue weighted by molar-refractivity contribution is -0.134. The molecule has 1 amide bonds. The van der Waals surface area contributed by atoms with Crippen molar-refractivity contribution in [3.05, 3.63) is 46.6 Å². The third-order valence-corrected chi connectivity index (χ3v) is 7.29. The highest BCUT2D eigenvalue weighted by molar-refractivity contribution is 5.78. The lowest BCUT2D eigenvalue weighted by Crippen LogP contribution is -2.43. The summed E-state index contributed by atoms with van der Waals surface area (Å²) in [5.74, 6) is 0.384. The third kappa shape index (κ3) is 7.75. The highest BCUT2D eigenvalue weighted by atomic mass is 19.4. The lowest BCUT2D eigenvalue weighted by atomic mass is 9.81. The number of hydrogen-bond donors (Lipinski definition) is 1. The van der Waals surface area contributed by atoms with Crippen molar-refractivity contribution in [1.29, 1.82) is 0 Å². The zero-order chi connectivity index (χ0) is 25.8. The van der Waals surface area contributed by atoms with Gasteiger partial charge in [-0.05, 0) is 63.5 Å². The summed E-state index contributed by atoms with van der Waals surface area (Å²) in [6, 6.07) is 5.29. The van der Waals surface area contributed by atoms with Crippen molar-refractivity contribution in [2.24, 2.45) is 0 Å². The van der Waals surface area contributed by atoms with Crippen LogP contribution >= 0.6 is 0 Å². The summed E-state index contributed by atoms with van der Waals surface area (Å²) in [5, 5.41) is 6.77. The molecule has 2 aliphatic rings. The van der Waals surface area contributed by atoms with E-state index in [-0.39, 0.29) is 24.8 Å². The molecule has 1 aliphatic heterocycles. The number of alkyl halides is 4. The molecule has 6 nitrogen and oxygen atoms in total. The molecule has 10 heteroatoms. The molecule has 0 spiro atoms. The van der Waals surface area contributed by atoms with Crippen LogP contribution < -0.4 is 5.32 Å². The fraction of sp³-hybridized carbons (Fsp3) is 0.654. The Morgan fingerprint density at radius 1 is 1.22 bits per heavy atom. The Hall–Kier alpha value is -2.49. The largest absolute Gasteiger partial charge is 0.389 e. The average molecular weight is 511 g/mol. The second kappa shape index (κ2) is 11.3. The quantitative estimate of drug-likeness (QED) is 0.523. The molecule has 2 aromatic heterocycles. The first-order valence-electron chi connectivity index (χ1n) is 12.7. The Bertz CT molecular complexity index is 1030. The second-order valence-corrected chi connectivity index (χ2v) is 10.2. The Labute approximate surface area is 208 Å². The van der Waals surface area contributed by atoms with Crippen LogP contribution in [0.5, 0.6) is 0 Å². The first-order valence-corrected chi connectivity index (χ1v) is 12.7. The van der Waals surface area contributed by atoms with E-state index < -0.39 is 18.3 Å². The average Bonchev–Trinajstić information content (AvgIpc) is 3.11. The standard InChI is InChI=1S/C26H34F4N4O2/c1-18-16-22(36-33-18)17-24(35)32-21-4-9-25(27,10-5-21)12-15-34-13-7-19-2-3-20(6-11-26(28,29)30)31-23(19)8-14-34/h2-3,16,21H,4-15,17H2,1H3,(H,32,35)/t21-,25+. The predicted octanol–water partition coefficient (Wildman–Crippen LogP) is 4.67. The van der Waals surface area contributed by atoms with Crippen molar-refractivity contribution in [2.75, 3.05) is 19.6 Å². The Morgan fingerprint density at radius 3 is 2.67 bits per heavy atom. The number of rotatable bonds is 8. The molecule has 2 aromatic rings. The molecule has 1 N–H and O–H groups in total. The number of hydrogen-bond acceptors (Lipinski definition) is 5. The molecule has 1 saturated carbocycles. The van der Waals surface area contributed by atoms with Crippen LogP contribution in [0.2, 0.25) is 0 Å². The number of pyridine rings is 1. The van der Waals surface area contributed by atoms with Crippen LogP contribution in [0.1, 0.15) is 66.9 Å². The maximum Gasteiger partial charge on any atom is 0.389 e. The lowest BCUT2D eigenvalue weighted by Gasteiger charge is -2.35. The van der Waals surface area contributed by atoms with Gasteiger partial charge in [-0.15, -0.1) is 0 Å². The van der Waals surface area contributed by atoms with Gasteiger partial charge in [0.1, 0.15) is 11.4 Å². The first-order chi connectivity index (χ1) is 17.1. The van der Waals surface area contributed by atoms with Crippen LogP contribution in [0.15, 0.2) is 22.7 Å². The normalized spacial score (nSPS) is 23.2. The molecule has 36 heavy (non-hydrogen) atoms. The van der Waals surface area contributed by atoms with E-state index in [1.165, 1.54) is 0 Å². The number of carbonyl (C=O) groups excluding carboxylic acids is 1. The van der Waals surface area contributed by atoms with Gasteiger partial charge >= 0.3 is 6.18 Å². The van der Waals surface area contributed by atoms with E-state index in [9.17, 15) is 18.0 Å². The van der Waals surface area contributed by atoms with E-state index in [0.717, 1.165) is 36.5 Å². The maximum atomic E-state index is 15.5. The Kier molecular flexibility index (Phi) is 8.32. The minimum absolute atomic E-state index is 0.0318. The van der Waals surface area contributed by atoms with E-state index >= 15 is 4.39 Å². The number of halogens is 4. The number of nitrogens with zero attached hydrogens (tertiary/aromatic N) is 3. The van der Waals surface area contributed by atoms with Crippen molar-refractivity contribution >= 4 is 5.91 Å². The highest BCUT2D eigenvalue weighted by Gasteiger charge is 2.36. The van der Waals surface area contributed by atoms with Crippen molar-refractivity contribution < 1.29 is 26.9 Å². The van der Waals surface area contributed by atoms with Crippen LogP contribution in [0.25, 0.3) is 0 Å². The van der Waals surface area contributed by atoms with Gasteiger partial charge in [-0.25, -0.2) is 4.39 Å². The molecule has 1 aliphatic carbocycles. The van der Waals surface area contributed by atoms with Crippen molar-refractivity contribution in [1.82, 2.24) is 20.4 Å². The number of amides is 1. The zero-order valence-corrected chi connectivity index (χ0v) is 20.7. The van der Waals surface area contributed by atoms with Crippen LogP contribution in [0.3, 0.4) is 0 Å². The summed E-state index contributed by atoms with van der Waals surface area (Å²) in [6.07, 6.45) is -1.12. The zero-order valence-electron chi connectivity index (χ0n) is 20.7. The first kappa shape index (κ1) is 26.6. The van der Waals surface area contributed by atoms with Gasteiger partial charge in [0, 0.05) is 56.0 Å². The van der Waals surface area contributed by atoms with Gasteiger partial charge in [-0.3, -0.25) is 9.78 Å². The van der Waals surface area contributed by atoms with Gasteiger partial charge in [0.25, 0.3) is 0 Å². The molecule has 4 rings (SSSR count). The van der Waals surface area contributed by atoms with Gasteiger partial charge in [0.05, 0.1) is 12.1 Å². The number of aryl methyl sites for hydroxylation is 2. The minimum Gasteiger partial charge on any atom is -0.361 e. The highest BCUT2D eigenvalue weighted by Crippen LogP contribution is 2.35. The van der Waals surface area contributed by atoms with E-state index in [4.69, 9.17) is 4.52 Å². The van der Waals surface area contributed by atoms with E-state index in [0.29, 0.717) is 56.5 Å². The molecule has 3 heterocycles. The molecule has 0 bridgehead atoms. The minimum atomic E-state index is -4.19. The number of carbonyl (C=O) groups is 1. The van der Waals surface area contributed by atoms with Crippen LogP contribution in [0, 0.1) is 6.92 Å². The van der Waals surface area contributed by atoms with Crippen LogP contribution in [0.4, 0.5) is 17.6 Å².